The zero-order valence-electron chi connectivity index (χ0n) is 43.7. The number of ketones is 4. The van der Waals surface area contributed by atoms with Crippen LogP contribution in [0.4, 0.5) is 17.6 Å². The zero-order valence-corrected chi connectivity index (χ0v) is 46.1. The Labute approximate surface area is 470 Å². The van der Waals surface area contributed by atoms with Crippen molar-refractivity contribution < 1.29 is 57.2 Å². The lowest BCUT2D eigenvalue weighted by Gasteiger charge is -2.63. The van der Waals surface area contributed by atoms with Crippen LogP contribution in [0.25, 0.3) is 0 Å². The van der Waals surface area contributed by atoms with Gasteiger partial charge in [-0.05, 0) is 158 Å². The van der Waals surface area contributed by atoms with Gasteiger partial charge in [0.05, 0.1) is 23.0 Å². The zero-order chi connectivity index (χ0) is 54.5. The van der Waals surface area contributed by atoms with Crippen LogP contribution in [-0.4, -0.2) is 129 Å². The number of benzene rings is 2. The Kier molecular flexibility index (Phi) is 15.2. The number of carbonyl (C=O) groups excluding carboxylic acids is 4. The number of carbonyl (C=O) groups is 4. The monoisotopic (exact) mass is 1140 g/mol. The van der Waals surface area contributed by atoms with Crippen molar-refractivity contribution in [2.75, 3.05) is 39.4 Å². The first-order valence-electron chi connectivity index (χ1n) is 27.0. The molecule has 2 aliphatic heterocycles. The first-order valence-corrected chi connectivity index (χ1v) is 27.7. The molecule has 2 heterocycles. The molecule has 0 radical (unpaired) electrons. The summed E-state index contributed by atoms with van der Waals surface area (Å²) in [5.41, 5.74) is -8.65. The minimum Gasteiger partial charge on any atom is -0.390 e. The third-order valence-corrected chi connectivity index (χ3v) is 22.8. The summed E-state index contributed by atoms with van der Waals surface area (Å²) in [6.07, 6.45) is 2.66. The van der Waals surface area contributed by atoms with Crippen LogP contribution < -0.4 is 0 Å². The van der Waals surface area contributed by atoms with E-state index in [9.17, 15) is 39.6 Å². The number of allylic oxidation sites excluding steroid dienone is 8. The molecule has 6 saturated carbocycles. The Bertz CT molecular complexity index is 2730. The topological polar surface area (TPSA) is 156 Å². The fraction of sp³-hybridized carbons (Fsp3) is 0.607. The van der Waals surface area contributed by atoms with E-state index in [4.69, 9.17) is 23.2 Å². The molecule has 8 fully saturated rings. The average molecular weight is 1140 g/mol. The maximum Gasteiger partial charge on any atom is 0.178 e. The van der Waals surface area contributed by atoms with Gasteiger partial charge in [-0.25, -0.2) is 17.6 Å². The maximum absolute atomic E-state index is 17.4. The second-order valence-electron chi connectivity index (χ2n) is 25.3. The number of fused-ring (bicyclic) bond motifs is 14. The van der Waals surface area contributed by atoms with Crippen LogP contribution in [0.1, 0.15) is 84.8 Å². The molecule has 8 aliphatic carbocycles. The molecule has 78 heavy (non-hydrogen) atoms. The van der Waals surface area contributed by atoms with Crippen LogP contribution in [0, 0.1) is 68.0 Å². The molecule has 2 aromatic carbocycles. The van der Waals surface area contributed by atoms with Crippen molar-refractivity contribution in [3.63, 3.8) is 0 Å². The highest BCUT2D eigenvalue weighted by Gasteiger charge is 2.80. The van der Waals surface area contributed by atoms with Crippen molar-refractivity contribution in [1.29, 1.82) is 0 Å². The molecule has 12 rings (SSSR count). The number of hydrogen-bond donors (Lipinski definition) is 4. The molecule has 0 unspecified atom stereocenters. The molecule has 10 aliphatic rings. The van der Waals surface area contributed by atoms with E-state index in [2.05, 4.69) is 9.80 Å². The van der Waals surface area contributed by atoms with Gasteiger partial charge in [0, 0.05) is 72.0 Å². The highest BCUT2D eigenvalue weighted by Crippen LogP contribution is 2.76. The minimum atomic E-state index is -2.18. The third-order valence-electron chi connectivity index (χ3n) is 22.3. The number of nitrogens with zero attached hydrogens (tertiary/aromatic N) is 2. The summed E-state index contributed by atoms with van der Waals surface area (Å²) < 4.78 is 66.3. The molecule has 18 atom stereocenters. The molecule has 0 aromatic heterocycles. The Balaban J connectivity index is 0.000000185. The lowest BCUT2D eigenvalue weighted by Crippen LogP contribution is -2.69. The lowest BCUT2D eigenvalue weighted by atomic mass is 9.43. The number of alkyl halides is 4. The van der Waals surface area contributed by atoms with Crippen LogP contribution in [0.3, 0.4) is 0 Å². The van der Waals surface area contributed by atoms with Crippen molar-refractivity contribution in [2.24, 2.45) is 68.0 Å². The van der Waals surface area contributed by atoms with Crippen LogP contribution >= 0.6 is 35.6 Å². The van der Waals surface area contributed by atoms with Gasteiger partial charge in [0.1, 0.15) is 25.6 Å². The quantitative estimate of drug-likeness (QED) is 0.188. The van der Waals surface area contributed by atoms with E-state index in [-0.39, 0.29) is 103 Å². The first kappa shape index (κ1) is 59.1. The van der Waals surface area contributed by atoms with E-state index in [0.717, 1.165) is 11.1 Å². The van der Waals surface area contributed by atoms with Gasteiger partial charge in [0.2, 0.25) is 0 Å². The van der Waals surface area contributed by atoms with Crippen molar-refractivity contribution >= 4 is 58.7 Å². The summed E-state index contributed by atoms with van der Waals surface area (Å²) in [5, 5.41) is 44.7. The summed E-state index contributed by atoms with van der Waals surface area (Å²) in [7, 11) is 0. The smallest absolute Gasteiger partial charge is 0.178 e. The fourth-order valence-electron chi connectivity index (χ4n) is 19.1. The first-order chi connectivity index (χ1) is 35.8. The predicted octanol–water partition coefficient (Wildman–Crippen LogP) is 9.55. The fourth-order valence-corrected chi connectivity index (χ4v) is 19.5. The number of aliphatic hydroxyl groups is 4. The SMILES string of the molecule is C.C[C@]12C=CC(=O)C=C1[C@@H](F)C[C@H]1[C@@H]3C[C@H]4CN(Cc5cccc(Cl)c5)C[C@@]4(C(=O)CO)[C@@]3(C)C[C@H](O)[C@@]12F.C[C@]12C=CC(=O)C=C1[C@@H](F)C[C@H]1[C@@H]3C[C@H]4CN(Cc5cccc(Cl)c5)C[C@@]4(C(=O)CO)[C@@]3(C)C[C@H](O)[C@@]12F.Cl. The van der Waals surface area contributed by atoms with E-state index >= 15 is 17.6 Å². The van der Waals surface area contributed by atoms with Crippen LogP contribution in [-0.2, 0) is 32.3 Å². The van der Waals surface area contributed by atoms with Gasteiger partial charge in [0.15, 0.2) is 34.5 Å². The molecule has 0 bridgehead atoms. The molecular weight excluding hydrogens is 1070 g/mol. The second-order valence-corrected chi connectivity index (χ2v) is 26.2. The van der Waals surface area contributed by atoms with Gasteiger partial charge in [0.25, 0.3) is 0 Å². The molecule has 4 N–H and O–H groups in total. The largest absolute Gasteiger partial charge is 0.390 e. The number of halogens is 7. The van der Waals surface area contributed by atoms with Gasteiger partial charge in [-0.15, -0.1) is 12.4 Å². The Morgan fingerprint density at radius 2 is 1.00 bits per heavy atom. The van der Waals surface area contributed by atoms with Gasteiger partial charge in [-0.1, -0.05) is 80.9 Å². The van der Waals surface area contributed by atoms with Crippen molar-refractivity contribution in [3.05, 3.63) is 117 Å². The van der Waals surface area contributed by atoms with Gasteiger partial charge in [-0.2, -0.15) is 0 Å². The molecule has 424 valence electrons. The second kappa shape index (κ2) is 20.1. The molecular formula is C61H73Cl3F4N2O8. The highest BCUT2D eigenvalue weighted by atomic mass is 35.5. The van der Waals surface area contributed by atoms with E-state index in [0.29, 0.717) is 62.2 Å². The molecule has 2 aromatic rings. The highest BCUT2D eigenvalue weighted by molar-refractivity contribution is 6.30. The molecule has 2 saturated heterocycles. The van der Waals surface area contributed by atoms with Crippen LogP contribution in [0.2, 0.25) is 10.0 Å². The maximum atomic E-state index is 17.4. The van der Waals surface area contributed by atoms with Crippen molar-refractivity contribution in [1.82, 2.24) is 9.80 Å². The van der Waals surface area contributed by atoms with E-state index < -0.39 is 93.4 Å². The number of rotatable bonds is 8. The summed E-state index contributed by atoms with van der Waals surface area (Å²) >= 11 is 12.4. The standard InChI is InChI=1S/2C30H34ClF2NO4.CH4.ClH/c2*1-27-7-6-20(36)10-23(27)24(32)11-22-21-9-18-14-34(13-17-4-3-5-19(31)8-17)16-29(18,26(38)15-35)28(21,2)12-25(37)30(22,27)33;;/h2*3-8,10,18,21-22,24-25,35,37H,9,11-16H2,1-2H3;1H4;1H/t2*18-,21-,22-,24-,25-,27-,28-,29+,30-;;/m00../s1. The number of likely N-dealkylation sites (tertiary alicyclic amines) is 2. The normalized spacial score (nSPS) is 44.5. The summed E-state index contributed by atoms with van der Waals surface area (Å²) in [5.74, 6) is -4.01. The van der Waals surface area contributed by atoms with Gasteiger partial charge in [-0.3, -0.25) is 29.0 Å². The number of aliphatic hydroxyl groups excluding tert-OH is 4. The Hall–Kier alpha value is -3.57. The van der Waals surface area contributed by atoms with Gasteiger partial charge >= 0.3 is 0 Å². The van der Waals surface area contributed by atoms with Gasteiger partial charge < -0.3 is 20.4 Å². The van der Waals surface area contributed by atoms with Crippen molar-refractivity contribution in [3.8, 4) is 0 Å². The van der Waals surface area contributed by atoms with Crippen molar-refractivity contribution in [2.45, 2.75) is 123 Å². The van der Waals surface area contributed by atoms with Crippen LogP contribution in [0.15, 0.2) is 96.1 Å². The Morgan fingerprint density at radius 1 is 0.628 bits per heavy atom. The minimum absolute atomic E-state index is 0. The summed E-state index contributed by atoms with van der Waals surface area (Å²) in [4.78, 5) is 55.8. The number of hydrogen-bond acceptors (Lipinski definition) is 10. The molecule has 0 amide bonds. The van der Waals surface area contributed by atoms with E-state index in [1.807, 2.05) is 50.2 Å². The summed E-state index contributed by atoms with van der Waals surface area (Å²) in [6, 6.07) is 15.1. The van der Waals surface area contributed by atoms with E-state index in [1.165, 1.54) is 36.5 Å². The lowest BCUT2D eigenvalue weighted by molar-refractivity contribution is -0.212. The molecule has 17 heteroatoms. The molecule has 0 spiro atoms. The average Bonchev–Trinajstić information content (AvgIpc) is 4.11. The van der Waals surface area contributed by atoms with E-state index in [1.54, 1.807) is 26.0 Å². The molecule has 10 nitrogen and oxygen atoms in total. The van der Waals surface area contributed by atoms with Crippen LogP contribution in [0.5, 0.6) is 0 Å². The third kappa shape index (κ3) is 7.89. The Morgan fingerprint density at radius 3 is 1.35 bits per heavy atom. The summed E-state index contributed by atoms with van der Waals surface area (Å²) in [6.45, 7) is 8.88. The predicted molar refractivity (Wildman–Crippen MR) is 292 cm³/mol. The number of Topliss-reactive ketones (excluding diaryl/α,β-unsaturated/α-hetero) is 2.